The highest BCUT2D eigenvalue weighted by atomic mass is 16.5. The van der Waals surface area contributed by atoms with Crippen LogP contribution in [0.4, 0.5) is 0 Å². The number of carbonyl (C=O) groups excluding carboxylic acids is 1. The minimum absolute atomic E-state index is 0.426. The highest BCUT2D eigenvalue weighted by molar-refractivity contribution is 5.86. The molecule has 4 unspecified atom stereocenters. The molecule has 0 spiro atoms. The van der Waals surface area contributed by atoms with E-state index in [9.17, 15) is 4.79 Å². The number of hydrogen-bond donors (Lipinski definition) is 4. The van der Waals surface area contributed by atoms with Crippen LogP contribution < -0.4 is 10.8 Å². The lowest BCUT2D eigenvalue weighted by molar-refractivity contribution is -0.124. The maximum atomic E-state index is 11.2. The summed E-state index contributed by atoms with van der Waals surface area (Å²) in [7, 11) is 0. The maximum Gasteiger partial charge on any atom is 0.267 e. The lowest BCUT2D eigenvalue weighted by Gasteiger charge is -2.42. The van der Waals surface area contributed by atoms with Gasteiger partial charge in [-0.2, -0.15) is 0 Å². The second-order valence-electron chi connectivity index (χ2n) is 8.50. The number of aromatic amines is 1. The Morgan fingerprint density at radius 1 is 1.14 bits per heavy atom. The third kappa shape index (κ3) is 4.47. The van der Waals surface area contributed by atoms with Crippen molar-refractivity contribution >= 4 is 16.8 Å². The van der Waals surface area contributed by atoms with Crippen LogP contribution in [0.1, 0.15) is 44.1 Å². The number of H-pyrrole nitrogens is 1. The van der Waals surface area contributed by atoms with Crippen LogP contribution in [0.15, 0.2) is 42.6 Å². The van der Waals surface area contributed by atoms with Gasteiger partial charge in [0.25, 0.3) is 5.91 Å². The summed E-state index contributed by atoms with van der Waals surface area (Å²) in [5.74, 6) is 1.65. The third-order valence-corrected chi connectivity index (χ3v) is 6.79. The molecule has 4 N–H and O–H groups in total. The Hall–Kier alpha value is -2.11. The number of aromatic nitrogens is 1. The first kappa shape index (κ1) is 19.2. The van der Waals surface area contributed by atoms with E-state index >= 15 is 0 Å². The van der Waals surface area contributed by atoms with Gasteiger partial charge < -0.3 is 10.3 Å². The molecule has 2 aromatic rings. The van der Waals surface area contributed by atoms with Crippen LogP contribution in [-0.4, -0.2) is 28.7 Å². The van der Waals surface area contributed by atoms with Crippen molar-refractivity contribution in [1.29, 1.82) is 0 Å². The van der Waals surface area contributed by atoms with Crippen LogP contribution in [-0.2, 0) is 11.2 Å². The number of hydroxylamine groups is 1. The van der Waals surface area contributed by atoms with Gasteiger partial charge in [-0.05, 0) is 80.9 Å². The number of benzene rings is 1. The molecular weight excluding hydrogens is 350 g/mol. The molecule has 4 rings (SSSR count). The van der Waals surface area contributed by atoms with Gasteiger partial charge in [-0.3, -0.25) is 10.0 Å². The topological polar surface area (TPSA) is 77.2 Å². The molecule has 1 aromatic heterocycles. The highest BCUT2D eigenvalue weighted by Gasteiger charge is 2.34. The Kier molecular flexibility index (Phi) is 6.13. The van der Waals surface area contributed by atoms with Crippen molar-refractivity contribution in [2.45, 2.75) is 51.0 Å². The maximum absolute atomic E-state index is 11.2. The van der Waals surface area contributed by atoms with Crippen LogP contribution in [0, 0.1) is 17.8 Å². The van der Waals surface area contributed by atoms with Crippen LogP contribution in [0.25, 0.3) is 10.9 Å². The van der Waals surface area contributed by atoms with Crippen molar-refractivity contribution in [3.63, 3.8) is 0 Å². The molecule has 2 fully saturated rings. The molecule has 0 aliphatic heterocycles. The number of rotatable bonds is 6. The zero-order chi connectivity index (χ0) is 19.3. The predicted octanol–water partition coefficient (Wildman–Crippen LogP) is 3.95. The lowest BCUT2D eigenvalue weighted by atomic mass is 9.66. The first-order valence-electron chi connectivity index (χ1n) is 10.6. The minimum atomic E-state index is -0.426. The molecule has 150 valence electrons. The molecule has 2 aliphatic carbocycles. The van der Waals surface area contributed by atoms with Crippen LogP contribution in [0.3, 0.4) is 0 Å². The molecule has 1 aromatic carbocycles. The fourth-order valence-electron chi connectivity index (χ4n) is 5.30. The number of allylic oxidation sites excluding steroid dienone is 1. The summed E-state index contributed by atoms with van der Waals surface area (Å²) in [4.78, 5) is 14.5. The lowest BCUT2D eigenvalue weighted by Crippen LogP contribution is -2.40. The van der Waals surface area contributed by atoms with Gasteiger partial charge in [0.1, 0.15) is 0 Å². The molecule has 0 radical (unpaired) electrons. The number of amides is 1. The molecular formula is C23H31N3O2. The summed E-state index contributed by atoms with van der Waals surface area (Å²) in [6.07, 6.45) is 14.1. The molecule has 2 saturated carbocycles. The Labute approximate surface area is 166 Å². The van der Waals surface area contributed by atoms with Gasteiger partial charge in [0.05, 0.1) is 0 Å². The summed E-state index contributed by atoms with van der Waals surface area (Å²) in [5, 5.41) is 13.8. The van der Waals surface area contributed by atoms with Gasteiger partial charge >= 0.3 is 0 Å². The van der Waals surface area contributed by atoms with E-state index in [1.165, 1.54) is 54.6 Å². The van der Waals surface area contributed by atoms with Crippen LogP contribution in [0.5, 0.6) is 0 Å². The molecule has 0 saturated heterocycles. The number of nitrogens with one attached hydrogen (secondary N) is 3. The summed E-state index contributed by atoms with van der Waals surface area (Å²) in [6.45, 7) is 1.03. The normalized spacial score (nSPS) is 27.8. The van der Waals surface area contributed by atoms with Crippen molar-refractivity contribution in [3.8, 4) is 0 Å². The van der Waals surface area contributed by atoms with Gasteiger partial charge in [-0.1, -0.05) is 24.3 Å². The largest absolute Gasteiger partial charge is 0.361 e. The van der Waals surface area contributed by atoms with Gasteiger partial charge in [0, 0.05) is 29.2 Å². The average Bonchev–Trinajstić information content (AvgIpc) is 3.15. The van der Waals surface area contributed by atoms with Gasteiger partial charge in [-0.25, -0.2) is 5.48 Å². The zero-order valence-corrected chi connectivity index (χ0v) is 16.4. The Bertz CT molecular complexity index is 828. The summed E-state index contributed by atoms with van der Waals surface area (Å²) >= 11 is 0. The van der Waals surface area contributed by atoms with Gasteiger partial charge in [0.2, 0.25) is 0 Å². The number of hydrogen-bond acceptors (Lipinski definition) is 3. The SMILES string of the molecule is O=C(C=CC1CCC2CC(NCCc3c[nH]c4ccccc34)CCC2C1)NO. The van der Waals surface area contributed by atoms with Crippen molar-refractivity contribution in [1.82, 2.24) is 15.8 Å². The fourth-order valence-corrected chi connectivity index (χ4v) is 5.30. The molecule has 5 heteroatoms. The van der Waals surface area contributed by atoms with Crippen molar-refractivity contribution in [2.75, 3.05) is 6.54 Å². The van der Waals surface area contributed by atoms with E-state index in [0.29, 0.717) is 12.0 Å². The average molecular weight is 382 g/mol. The smallest absolute Gasteiger partial charge is 0.267 e. The zero-order valence-electron chi connectivity index (χ0n) is 16.4. The van der Waals surface area contributed by atoms with Crippen LogP contribution in [0.2, 0.25) is 0 Å². The number of fused-ring (bicyclic) bond motifs is 2. The second kappa shape index (κ2) is 8.93. The Morgan fingerprint density at radius 2 is 1.96 bits per heavy atom. The Balaban J connectivity index is 1.23. The summed E-state index contributed by atoms with van der Waals surface area (Å²) in [5.41, 5.74) is 4.29. The third-order valence-electron chi connectivity index (χ3n) is 6.79. The summed E-state index contributed by atoms with van der Waals surface area (Å²) in [6, 6.07) is 9.15. The fraction of sp³-hybridized carbons (Fsp3) is 0.522. The van der Waals surface area contributed by atoms with E-state index in [1.807, 2.05) is 6.08 Å². The van der Waals surface area contributed by atoms with E-state index in [4.69, 9.17) is 5.21 Å². The van der Waals surface area contributed by atoms with Crippen LogP contribution >= 0.6 is 0 Å². The molecule has 1 heterocycles. The first-order chi connectivity index (χ1) is 13.7. The molecule has 4 atom stereocenters. The molecule has 1 amide bonds. The van der Waals surface area contributed by atoms with Crippen molar-refractivity contribution < 1.29 is 10.0 Å². The Morgan fingerprint density at radius 3 is 2.86 bits per heavy atom. The molecule has 2 aliphatic rings. The molecule has 5 nitrogen and oxygen atoms in total. The van der Waals surface area contributed by atoms with Crippen molar-refractivity contribution in [3.05, 3.63) is 48.2 Å². The van der Waals surface area contributed by atoms with Gasteiger partial charge in [-0.15, -0.1) is 0 Å². The number of para-hydroxylation sites is 1. The second-order valence-corrected chi connectivity index (χ2v) is 8.50. The van der Waals surface area contributed by atoms with E-state index in [2.05, 4.69) is 40.8 Å². The van der Waals surface area contributed by atoms with E-state index in [0.717, 1.165) is 31.2 Å². The first-order valence-corrected chi connectivity index (χ1v) is 10.6. The summed E-state index contributed by atoms with van der Waals surface area (Å²) < 4.78 is 0. The van der Waals surface area contributed by atoms with Crippen molar-refractivity contribution in [2.24, 2.45) is 17.8 Å². The number of carbonyl (C=O) groups is 1. The van der Waals surface area contributed by atoms with Gasteiger partial charge in [0.15, 0.2) is 0 Å². The quantitative estimate of drug-likeness (QED) is 0.348. The molecule has 28 heavy (non-hydrogen) atoms. The molecule has 0 bridgehead atoms. The highest BCUT2D eigenvalue weighted by Crippen LogP contribution is 2.43. The van der Waals surface area contributed by atoms with E-state index < -0.39 is 5.91 Å². The standard InChI is InChI=1S/C23H31N3O2/c27-23(26-28)10-6-16-5-7-18-14-20(9-8-17(18)13-16)24-12-11-19-15-25-22-4-2-1-3-21(19)22/h1-4,6,10,15-18,20,24-25,28H,5,7-9,11-14H2,(H,26,27). The minimum Gasteiger partial charge on any atom is -0.361 e. The monoisotopic (exact) mass is 381 g/mol. The van der Waals surface area contributed by atoms with E-state index in [1.54, 1.807) is 5.48 Å². The van der Waals surface area contributed by atoms with E-state index in [-0.39, 0.29) is 0 Å². The predicted molar refractivity (Wildman–Crippen MR) is 111 cm³/mol.